The van der Waals surface area contributed by atoms with Gasteiger partial charge in [0.05, 0.1) is 19.8 Å². The molecule has 1 amide bonds. The van der Waals surface area contributed by atoms with E-state index in [2.05, 4.69) is 21.7 Å². The first-order chi connectivity index (χ1) is 15.6. The molecule has 4 rings (SSSR count). The van der Waals surface area contributed by atoms with Gasteiger partial charge in [-0.3, -0.25) is 4.79 Å². The number of carbonyl (C=O) groups is 1. The van der Waals surface area contributed by atoms with Gasteiger partial charge in [-0.25, -0.2) is 4.98 Å². The molecule has 32 heavy (non-hydrogen) atoms. The van der Waals surface area contributed by atoms with Crippen LogP contribution in [0, 0.1) is 0 Å². The molecule has 0 spiro atoms. The number of hydrogen-bond acceptors (Lipinski definition) is 5. The van der Waals surface area contributed by atoms with Crippen LogP contribution < -0.4 is 9.47 Å². The Kier molecular flexibility index (Phi) is 7.05. The van der Waals surface area contributed by atoms with E-state index < -0.39 is 0 Å². The molecule has 1 fully saturated rings. The highest BCUT2D eigenvalue weighted by Crippen LogP contribution is 2.31. The zero-order valence-corrected chi connectivity index (χ0v) is 19.6. The molecular weight excluding hydrogens is 422 g/mol. The Hall–Kier alpha value is -2.93. The van der Waals surface area contributed by atoms with Gasteiger partial charge in [-0.05, 0) is 55.0 Å². The first kappa shape index (κ1) is 22.3. The summed E-state index contributed by atoms with van der Waals surface area (Å²) in [7, 11) is 3.29. The second-order valence-electron chi connectivity index (χ2n) is 7.89. The fraction of sp³-hybridized carbons (Fsp3) is 0.360. The minimum absolute atomic E-state index is 0.0366. The molecule has 7 heteroatoms. The Morgan fingerprint density at radius 3 is 2.50 bits per heavy atom. The fourth-order valence-corrected chi connectivity index (χ4v) is 4.66. The van der Waals surface area contributed by atoms with E-state index in [1.807, 2.05) is 53.9 Å². The van der Waals surface area contributed by atoms with Gasteiger partial charge in [0.15, 0.2) is 0 Å². The van der Waals surface area contributed by atoms with Gasteiger partial charge in [0.1, 0.15) is 17.3 Å². The minimum Gasteiger partial charge on any atom is -0.497 e. The molecule has 1 aromatic heterocycles. The molecule has 6 nitrogen and oxygen atoms in total. The number of ether oxygens (including phenoxy) is 2. The van der Waals surface area contributed by atoms with Crippen LogP contribution in [0.15, 0.2) is 59.8 Å². The number of amides is 1. The van der Waals surface area contributed by atoms with Crippen molar-refractivity contribution < 1.29 is 14.3 Å². The van der Waals surface area contributed by atoms with Crippen LogP contribution >= 0.6 is 11.8 Å². The van der Waals surface area contributed by atoms with Crippen molar-refractivity contribution in [3.8, 4) is 11.5 Å². The average molecular weight is 452 g/mol. The first-order valence-electron chi connectivity index (χ1n) is 10.8. The molecule has 2 heterocycles. The summed E-state index contributed by atoms with van der Waals surface area (Å²) >= 11 is 1.64. The molecule has 0 bridgehead atoms. The van der Waals surface area contributed by atoms with Gasteiger partial charge < -0.3 is 18.9 Å². The topological polar surface area (TPSA) is 56.6 Å². The van der Waals surface area contributed by atoms with Crippen LogP contribution in [0.2, 0.25) is 0 Å². The molecule has 1 aliphatic rings. The van der Waals surface area contributed by atoms with E-state index in [9.17, 15) is 4.79 Å². The van der Waals surface area contributed by atoms with Gasteiger partial charge >= 0.3 is 0 Å². The average Bonchev–Trinajstić information content (AvgIpc) is 3.31. The summed E-state index contributed by atoms with van der Waals surface area (Å²) in [4.78, 5) is 20.8. The number of methoxy groups -OCH3 is 2. The van der Waals surface area contributed by atoms with Crippen molar-refractivity contribution in [1.82, 2.24) is 14.5 Å². The van der Waals surface area contributed by atoms with Crippen molar-refractivity contribution in [3.63, 3.8) is 0 Å². The van der Waals surface area contributed by atoms with Crippen LogP contribution in [-0.2, 0) is 6.54 Å². The Morgan fingerprint density at radius 1 is 1.09 bits per heavy atom. The molecular formula is C25H29N3O3S. The molecule has 0 unspecified atom stereocenters. The number of likely N-dealkylation sites (tertiary alicyclic amines) is 1. The number of piperidine rings is 1. The standard InChI is InChI=1S/C25H29N3O3S/c1-30-20-6-4-18(5-7-20)17-28-15-12-26-24(28)19-10-13-27(14-11-19)25(29)22-9-8-21(32-3)16-23(22)31-2/h4-9,12,15-16,19H,10-11,13-14,17H2,1-3H3. The SMILES string of the molecule is COc1ccc(Cn2ccnc2C2CCN(C(=O)c3ccc(SC)cc3OC)CC2)cc1. The lowest BCUT2D eigenvalue weighted by atomic mass is 9.95. The maximum absolute atomic E-state index is 13.1. The molecule has 3 aromatic rings. The van der Waals surface area contributed by atoms with E-state index in [1.165, 1.54) is 5.56 Å². The summed E-state index contributed by atoms with van der Waals surface area (Å²) in [5.41, 5.74) is 1.84. The van der Waals surface area contributed by atoms with Crippen molar-refractivity contribution in [1.29, 1.82) is 0 Å². The monoisotopic (exact) mass is 451 g/mol. The zero-order chi connectivity index (χ0) is 22.5. The third kappa shape index (κ3) is 4.78. The van der Waals surface area contributed by atoms with Crippen LogP contribution in [0.25, 0.3) is 0 Å². The first-order valence-corrected chi connectivity index (χ1v) is 12.0. The largest absolute Gasteiger partial charge is 0.497 e. The lowest BCUT2D eigenvalue weighted by Gasteiger charge is -2.32. The van der Waals surface area contributed by atoms with Crippen molar-refractivity contribution >= 4 is 17.7 Å². The summed E-state index contributed by atoms with van der Waals surface area (Å²) in [5.74, 6) is 2.97. The molecule has 1 aliphatic heterocycles. The molecule has 0 atom stereocenters. The number of rotatable bonds is 7. The van der Waals surface area contributed by atoms with Crippen LogP contribution in [0.3, 0.4) is 0 Å². The Bertz CT molecular complexity index is 1060. The smallest absolute Gasteiger partial charge is 0.257 e. The van der Waals surface area contributed by atoms with Crippen molar-refractivity contribution in [2.45, 2.75) is 30.2 Å². The minimum atomic E-state index is 0.0366. The number of thioether (sulfide) groups is 1. The van der Waals surface area contributed by atoms with Crippen molar-refractivity contribution in [3.05, 3.63) is 71.8 Å². The summed E-state index contributed by atoms with van der Waals surface area (Å²) in [6, 6.07) is 13.9. The van der Waals surface area contributed by atoms with Crippen molar-refractivity contribution in [2.75, 3.05) is 33.6 Å². The van der Waals surface area contributed by atoms with Gasteiger partial charge in [0.2, 0.25) is 0 Å². The molecule has 0 aliphatic carbocycles. The third-order valence-electron chi connectivity index (χ3n) is 6.05. The highest BCUT2D eigenvalue weighted by molar-refractivity contribution is 7.98. The normalized spacial score (nSPS) is 14.4. The van der Waals surface area contributed by atoms with E-state index in [4.69, 9.17) is 9.47 Å². The molecule has 1 saturated heterocycles. The highest BCUT2D eigenvalue weighted by atomic mass is 32.2. The van der Waals surface area contributed by atoms with E-state index in [1.54, 1.807) is 26.0 Å². The van der Waals surface area contributed by atoms with Gasteiger partial charge in [0, 0.05) is 42.8 Å². The van der Waals surface area contributed by atoms with Gasteiger partial charge in [-0.2, -0.15) is 0 Å². The van der Waals surface area contributed by atoms with Crippen LogP contribution in [0.1, 0.15) is 40.5 Å². The Balaban J connectivity index is 1.41. The van der Waals surface area contributed by atoms with Gasteiger partial charge in [-0.15, -0.1) is 11.8 Å². The van der Waals surface area contributed by atoms with Crippen molar-refractivity contribution in [2.24, 2.45) is 0 Å². The second kappa shape index (κ2) is 10.1. The molecule has 0 radical (unpaired) electrons. The van der Waals surface area contributed by atoms with Crippen LogP contribution in [0.5, 0.6) is 11.5 Å². The Morgan fingerprint density at radius 2 is 1.84 bits per heavy atom. The number of aromatic nitrogens is 2. The third-order valence-corrected chi connectivity index (χ3v) is 6.77. The number of hydrogen-bond donors (Lipinski definition) is 0. The summed E-state index contributed by atoms with van der Waals surface area (Å²) < 4.78 is 13.0. The van der Waals surface area contributed by atoms with E-state index >= 15 is 0 Å². The van der Waals surface area contributed by atoms with Gasteiger partial charge in [-0.1, -0.05) is 12.1 Å². The maximum Gasteiger partial charge on any atom is 0.257 e. The highest BCUT2D eigenvalue weighted by Gasteiger charge is 2.28. The lowest BCUT2D eigenvalue weighted by Crippen LogP contribution is -2.38. The lowest BCUT2D eigenvalue weighted by molar-refractivity contribution is 0.0707. The summed E-state index contributed by atoms with van der Waals surface area (Å²) in [6.45, 7) is 2.20. The molecule has 2 aromatic carbocycles. The predicted octanol–water partition coefficient (Wildman–Crippen LogP) is 4.69. The maximum atomic E-state index is 13.1. The Labute approximate surface area is 193 Å². The van der Waals surface area contributed by atoms with E-state index in [0.717, 1.165) is 35.9 Å². The number of imidazole rings is 1. The quantitative estimate of drug-likeness (QED) is 0.488. The van der Waals surface area contributed by atoms with Crippen LogP contribution in [0.4, 0.5) is 0 Å². The number of nitrogens with zero attached hydrogens (tertiary/aromatic N) is 3. The zero-order valence-electron chi connectivity index (χ0n) is 18.8. The molecule has 0 saturated carbocycles. The predicted molar refractivity (Wildman–Crippen MR) is 127 cm³/mol. The van der Waals surface area contributed by atoms with Crippen LogP contribution in [-0.4, -0.2) is 53.9 Å². The summed E-state index contributed by atoms with van der Waals surface area (Å²) in [6.07, 6.45) is 7.72. The van der Waals surface area contributed by atoms with Gasteiger partial charge in [0.25, 0.3) is 5.91 Å². The number of carbonyl (C=O) groups excluding carboxylic acids is 1. The molecule has 168 valence electrons. The number of benzene rings is 2. The fourth-order valence-electron chi connectivity index (χ4n) is 4.23. The molecule has 0 N–H and O–H groups in total. The van der Waals surface area contributed by atoms with E-state index in [0.29, 0.717) is 30.3 Å². The summed E-state index contributed by atoms with van der Waals surface area (Å²) in [5, 5.41) is 0. The van der Waals surface area contributed by atoms with E-state index in [-0.39, 0.29) is 5.91 Å². The second-order valence-corrected chi connectivity index (χ2v) is 8.77.